The Morgan fingerprint density at radius 1 is 1.41 bits per heavy atom. The van der Waals surface area contributed by atoms with E-state index in [2.05, 4.69) is 40.3 Å². The van der Waals surface area contributed by atoms with Crippen LogP contribution in [0.3, 0.4) is 0 Å². The predicted molar refractivity (Wildman–Crippen MR) is 73.9 cm³/mol. The zero-order valence-corrected chi connectivity index (χ0v) is 12.1. The van der Waals surface area contributed by atoms with Crippen LogP contribution in [-0.2, 0) is 4.79 Å². The van der Waals surface area contributed by atoms with E-state index in [1.54, 1.807) is 4.90 Å². The number of nitrogens with one attached hydrogen (secondary N) is 1. The van der Waals surface area contributed by atoms with Gasteiger partial charge in [0.2, 0.25) is 5.91 Å². The van der Waals surface area contributed by atoms with Gasteiger partial charge < -0.3 is 10.2 Å². The number of rotatable bonds is 5. The van der Waals surface area contributed by atoms with Crippen LogP contribution in [0.25, 0.3) is 0 Å². The summed E-state index contributed by atoms with van der Waals surface area (Å²) in [6.45, 7) is 5.15. The average Bonchev–Trinajstić information content (AvgIpc) is 2.35. The molecule has 0 radical (unpaired) electrons. The topological polar surface area (TPSA) is 32.3 Å². The molecule has 0 aliphatic rings. The molecule has 4 heteroatoms. The van der Waals surface area contributed by atoms with Crippen LogP contribution in [0, 0.1) is 0 Å². The fourth-order valence-electron chi connectivity index (χ4n) is 1.42. The maximum absolute atomic E-state index is 11.6. The lowest BCUT2D eigenvalue weighted by Crippen LogP contribution is -2.36. The van der Waals surface area contributed by atoms with E-state index < -0.39 is 0 Å². The van der Waals surface area contributed by atoms with Crippen LogP contribution in [0.15, 0.2) is 28.7 Å². The molecule has 0 heterocycles. The van der Waals surface area contributed by atoms with Gasteiger partial charge in [-0.2, -0.15) is 0 Å². The van der Waals surface area contributed by atoms with Crippen LogP contribution in [0.1, 0.15) is 25.5 Å². The zero-order chi connectivity index (χ0) is 12.8. The number of likely N-dealkylation sites (N-methyl/N-ethyl adjacent to an activating group) is 1. The van der Waals surface area contributed by atoms with Crippen molar-refractivity contribution in [3.63, 3.8) is 0 Å². The maximum atomic E-state index is 11.6. The van der Waals surface area contributed by atoms with Crippen LogP contribution in [-0.4, -0.2) is 30.9 Å². The van der Waals surface area contributed by atoms with Crippen molar-refractivity contribution in [2.75, 3.05) is 20.1 Å². The standard InChI is InChI=1S/C13H19BrN2O/c1-4-16(3)13(17)9-15-10(2)11-5-7-12(14)8-6-11/h5-8,10,15H,4,9H2,1-3H3. The largest absolute Gasteiger partial charge is 0.345 e. The fourth-order valence-corrected chi connectivity index (χ4v) is 1.69. The number of carbonyl (C=O) groups is 1. The van der Waals surface area contributed by atoms with E-state index in [-0.39, 0.29) is 11.9 Å². The molecule has 0 fully saturated rings. The molecule has 17 heavy (non-hydrogen) atoms. The molecule has 0 spiro atoms. The van der Waals surface area contributed by atoms with Crippen molar-refractivity contribution in [3.05, 3.63) is 34.3 Å². The zero-order valence-electron chi connectivity index (χ0n) is 10.5. The number of carbonyl (C=O) groups excluding carboxylic acids is 1. The molecule has 3 nitrogen and oxygen atoms in total. The average molecular weight is 299 g/mol. The Morgan fingerprint density at radius 2 is 2.00 bits per heavy atom. The Labute approximate surface area is 111 Å². The number of hydrogen-bond donors (Lipinski definition) is 1. The van der Waals surface area contributed by atoms with Gasteiger partial charge in [-0.3, -0.25) is 4.79 Å². The predicted octanol–water partition coefficient (Wildman–Crippen LogP) is 2.58. The van der Waals surface area contributed by atoms with E-state index in [0.29, 0.717) is 6.54 Å². The molecule has 0 aliphatic carbocycles. The third-order valence-corrected chi connectivity index (χ3v) is 3.36. The first-order valence-corrected chi connectivity index (χ1v) is 6.56. The van der Waals surface area contributed by atoms with Crippen molar-refractivity contribution in [2.45, 2.75) is 19.9 Å². The second-order valence-electron chi connectivity index (χ2n) is 4.06. The molecule has 0 aliphatic heterocycles. The highest BCUT2D eigenvalue weighted by Gasteiger charge is 2.09. The van der Waals surface area contributed by atoms with Crippen molar-refractivity contribution < 1.29 is 4.79 Å². The summed E-state index contributed by atoms with van der Waals surface area (Å²) in [7, 11) is 1.81. The Bertz CT molecular complexity index is 364. The first kappa shape index (κ1) is 14.2. The first-order valence-electron chi connectivity index (χ1n) is 5.77. The number of halogens is 1. The Balaban J connectivity index is 2.47. The molecular weight excluding hydrogens is 280 g/mol. The molecule has 1 unspecified atom stereocenters. The smallest absolute Gasteiger partial charge is 0.236 e. The molecule has 1 aromatic carbocycles. The fraction of sp³-hybridized carbons (Fsp3) is 0.462. The molecule has 1 amide bonds. The van der Waals surface area contributed by atoms with Crippen LogP contribution in [0.4, 0.5) is 0 Å². The number of amides is 1. The lowest BCUT2D eigenvalue weighted by atomic mass is 10.1. The molecule has 0 bridgehead atoms. The maximum Gasteiger partial charge on any atom is 0.236 e. The summed E-state index contributed by atoms with van der Waals surface area (Å²) < 4.78 is 1.07. The van der Waals surface area contributed by atoms with Gasteiger partial charge in [-0.25, -0.2) is 0 Å². The van der Waals surface area contributed by atoms with Gasteiger partial charge in [-0.05, 0) is 31.5 Å². The molecule has 0 saturated carbocycles. The molecule has 1 N–H and O–H groups in total. The van der Waals surface area contributed by atoms with Crippen LogP contribution >= 0.6 is 15.9 Å². The minimum absolute atomic E-state index is 0.122. The molecule has 1 rings (SSSR count). The van der Waals surface area contributed by atoms with Crippen molar-refractivity contribution >= 4 is 21.8 Å². The van der Waals surface area contributed by atoms with Crippen LogP contribution < -0.4 is 5.32 Å². The van der Waals surface area contributed by atoms with Gasteiger partial charge in [0.15, 0.2) is 0 Å². The third kappa shape index (κ3) is 4.48. The first-order chi connectivity index (χ1) is 8.04. The third-order valence-electron chi connectivity index (χ3n) is 2.83. The minimum atomic E-state index is 0.122. The highest BCUT2D eigenvalue weighted by Crippen LogP contribution is 2.16. The highest BCUT2D eigenvalue weighted by molar-refractivity contribution is 9.10. The summed E-state index contributed by atoms with van der Waals surface area (Å²) in [4.78, 5) is 13.3. The minimum Gasteiger partial charge on any atom is -0.345 e. The number of nitrogens with zero attached hydrogens (tertiary/aromatic N) is 1. The van der Waals surface area contributed by atoms with E-state index in [1.165, 1.54) is 5.56 Å². The van der Waals surface area contributed by atoms with Crippen molar-refractivity contribution in [1.82, 2.24) is 10.2 Å². The summed E-state index contributed by atoms with van der Waals surface area (Å²) >= 11 is 3.40. The van der Waals surface area contributed by atoms with Crippen molar-refractivity contribution in [1.29, 1.82) is 0 Å². The van der Waals surface area contributed by atoms with Gasteiger partial charge in [-0.15, -0.1) is 0 Å². The van der Waals surface area contributed by atoms with Gasteiger partial charge in [0, 0.05) is 24.1 Å². The van der Waals surface area contributed by atoms with E-state index in [0.717, 1.165) is 11.0 Å². The van der Waals surface area contributed by atoms with E-state index in [4.69, 9.17) is 0 Å². The second kappa shape index (κ2) is 6.77. The molecule has 1 aromatic rings. The summed E-state index contributed by atoms with van der Waals surface area (Å²) in [5.74, 6) is 0.122. The summed E-state index contributed by atoms with van der Waals surface area (Å²) in [5.41, 5.74) is 1.18. The molecule has 94 valence electrons. The van der Waals surface area contributed by atoms with Gasteiger partial charge >= 0.3 is 0 Å². The van der Waals surface area contributed by atoms with E-state index >= 15 is 0 Å². The summed E-state index contributed by atoms with van der Waals surface area (Å²) in [5, 5.41) is 3.23. The normalized spacial score (nSPS) is 12.2. The van der Waals surface area contributed by atoms with Gasteiger partial charge in [-0.1, -0.05) is 28.1 Å². The van der Waals surface area contributed by atoms with Gasteiger partial charge in [0.1, 0.15) is 0 Å². The molecular formula is C13H19BrN2O. The van der Waals surface area contributed by atoms with Gasteiger partial charge in [0.25, 0.3) is 0 Å². The van der Waals surface area contributed by atoms with Crippen LogP contribution in [0.5, 0.6) is 0 Å². The Hall–Kier alpha value is -0.870. The molecule has 1 atom stereocenters. The van der Waals surface area contributed by atoms with Gasteiger partial charge in [0.05, 0.1) is 6.54 Å². The van der Waals surface area contributed by atoms with Crippen molar-refractivity contribution in [2.24, 2.45) is 0 Å². The monoisotopic (exact) mass is 298 g/mol. The van der Waals surface area contributed by atoms with E-state index in [1.807, 2.05) is 26.1 Å². The number of hydrogen-bond acceptors (Lipinski definition) is 2. The summed E-state index contributed by atoms with van der Waals surface area (Å²) in [6, 6.07) is 8.30. The van der Waals surface area contributed by atoms with Crippen molar-refractivity contribution in [3.8, 4) is 0 Å². The molecule has 0 aromatic heterocycles. The lowest BCUT2D eigenvalue weighted by molar-refractivity contribution is -0.128. The lowest BCUT2D eigenvalue weighted by Gasteiger charge is -2.18. The quantitative estimate of drug-likeness (QED) is 0.906. The summed E-state index contributed by atoms with van der Waals surface area (Å²) in [6.07, 6.45) is 0. The van der Waals surface area contributed by atoms with E-state index in [9.17, 15) is 4.79 Å². The Morgan fingerprint density at radius 3 is 2.53 bits per heavy atom. The molecule has 0 saturated heterocycles. The Kier molecular flexibility index (Phi) is 5.65. The second-order valence-corrected chi connectivity index (χ2v) is 4.98. The number of benzene rings is 1. The highest BCUT2D eigenvalue weighted by atomic mass is 79.9. The van der Waals surface area contributed by atoms with Crippen LogP contribution in [0.2, 0.25) is 0 Å². The SMILES string of the molecule is CCN(C)C(=O)CNC(C)c1ccc(Br)cc1.